The zero-order valence-corrected chi connectivity index (χ0v) is 10.5. The molecule has 6 heteroatoms. The molecule has 0 heterocycles. The Morgan fingerprint density at radius 3 is 2.38 bits per heavy atom. The normalized spacial score (nSPS) is 19.6. The van der Waals surface area contributed by atoms with Crippen LogP contribution in [0.15, 0.2) is 0 Å². The molecule has 0 saturated heterocycles. The number of rotatable bonds is 5. The summed E-state index contributed by atoms with van der Waals surface area (Å²) in [5.41, 5.74) is -0.266. The highest BCUT2D eigenvalue weighted by molar-refractivity contribution is 7.89. The van der Waals surface area contributed by atoms with Crippen molar-refractivity contribution in [3.05, 3.63) is 0 Å². The summed E-state index contributed by atoms with van der Waals surface area (Å²) in [5, 5.41) is 7.54. The monoisotopic (exact) mass is 248 g/mol. The number of amides is 1. The first-order valence-electron chi connectivity index (χ1n) is 5.68. The van der Waals surface area contributed by atoms with Crippen LogP contribution in [0.4, 0.5) is 0 Å². The fourth-order valence-corrected chi connectivity index (χ4v) is 2.67. The average Bonchev–Trinajstić information content (AvgIpc) is 2.65. The van der Waals surface area contributed by atoms with E-state index in [1.807, 2.05) is 6.92 Å². The zero-order valence-electron chi connectivity index (χ0n) is 9.66. The van der Waals surface area contributed by atoms with Gasteiger partial charge in [-0.2, -0.15) is 0 Å². The van der Waals surface area contributed by atoms with E-state index in [9.17, 15) is 13.2 Å². The number of hydrogen-bond acceptors (Lipinski definition) is 3. The molecule has 0 spiro atoms. The predicted molar refractivity (Wildman–Crippen MR) is 62.2 cm³/mol. The van der Waals surface area contributed by atoms with Crippen LogP contribution in [-0.4, -0.2) is 26.6 Å². The van der Waals surface area contributed by atoms with Gasteiger partial charge in [-0.3, -0.25) is 4.79 Å². The molecule has 3 N–H and O–H groups in total. The van der Waals surface area contributed by atoms with E-state index in [1.165, 1.54) is 0 Å². The van der Waals surface area contributed by atoms with Gasteiger partial charge in [-0.15, -0.1) is 0 Å². The van der Waals surface area contributed by atoms with Crippen molar-refractivity contribution in [3.63, 3.8) is 0 Å². The summed E-state index contributed by atoms with van der Waals surface area (Å²) in [4.78, 5) is 11.9. The fourth-order valence-electron chi connectivity index (χ4n) is 2.29. The van der Waals surface area contributed by atoms with Crippen molar-refractivity contribution in [1.82, 2.24) is 5.32 Å². The van der Waals surface area contributed by atoms with Crippen molar-refractivity contribution >= 4 is 15.9 Å². The highest BCUT2D eigenvalue weighted by Gasteiger charge is 2.38. The summed E-state index contributed by atoms with van der Waals surface area (Å²) in [7, 11) is -3.48. The molecule has 0 aliphatic heterocycles. The van der Waals surface area contributed by atoms with Gasteiger partial charge in [-0.05, 0) is 19.3 Å². The molecule has 0 aromatic rings. The molecule has 1 fully saturated rings. The fraction of sp³-hybridized carbons (Fsp3) is 0.900. The van der Waals surface area contributed by atoms with Crippen LogP contribution >= 0.6 is 0 Å². The molecule has 1 aliphatic rings. The van der Waals surface area contributed by atoms with E-state index in [0.29, 0.717) is 0 Å². The summed E-state index contributed by atoms with van der Waals surface area (Å²) in [6, 6.07) is 0. The van der Waals surface area contributed by atoms with E-state index in [1.54, 1.807) is 0 Å². The standard InChI is InChI=1S/C10H20N2O3S/c1-2-10(5-3-4-6-10)9(13)12-7-8-16(11,14)15/h2-8H2,1H3,(H,12,13)(H2,11,14,15). The number of nitrogens with one attached hydrogen (secondary N) is 1. The molecular weight excluding hydrogens is 228 g/mol. The van der Waals surface area contributed by atoms with Gasteiger partial charge >= 0.3 is 0 Å². The Bertz CT molecular complexity index is 345. The number of primary sulfonamides is 1. The van der Waals surface area contributed by atoms with Crippen LogP contribution in [-0.2, 0) is 14.8 Å². The summed E-state index contributed by atoms with van der Waals surface area (Å²) >= 11 is 0. The summed E-state index contributed by atoms with van der Waals surface area (Å²) in [6.45, 7) is 2.12. The zero-order chi connectivity index (χ0) is 12.2. The minimum Gasteiger partial charge on any atom is -0.355 e. The van der Waals surface area contributed by atoms with Crippen molar-refractivity contribution in [2.24, 2.45) is 10.6 Å². The Balaban J connectivity index is 2.45. The Kier molecular flexibility index (Phi) is 4.32. The minimum atomic E-state index is -3.48. The third kappa shape index (κ3) is 3.45. The van der Waals surface area contributed by atoms with Gasteiger partial charge in [0.1, 0.15) is 0 Å². The van der Waals surface area contributed by atoms with Gasteiger partial charge in [0.15, 0.2) is 0 Å². The molecule has 1 saturated carbocycles. The molecule has 0 aromatic carbocycles. The topological polar surface area (TPSA) is 89.3 Å². The van der Waals surface area contributed by atoms with Crippen molar-refractivity contribution in [2.75, 3.05) is 12.3 Å². The van der Waals surface area contributed by atoms with Gasteiger partial charge in [0.05, 0.1) is 5.75 Å². The molecule has 0 radical (unpaired) electrons. The molecule has 1 aliphatic carbocycles. The molecule has 0 atom stereocenters. The van der Waals surface area contributed by atoms with Gasteiger partial charge in [0.2, 0.25) is 15.9 Å². The second-order valence-corrected chi connectivity index (χ2v) is 6.20. The van der Waals surface area contributed by atoms with E-state index in [0.717, 1.165) is 32.1 Å². The smallest absolute Gasteiger partial charge is 0.226 e. The molecule has 0 unspecified atom stereocenters. The average molecular weight is 248 g/mol. The number of carbonyl (C=O) groups excluding carboxylic acids is 1. The van der Waals surface area contributed by atoms with Gasteiger partial charge in [0.25, 0.3) is 0 Å². The van der Waals surface area contributed by atoms with E-state index >= 15 is 0 Å². The van der Waals surface area contributed by atoms with Crippen molar-refractivity contribution in [3.8, 4) is 0 Å². The SMILES string of the molecule is CCC1(C(=O)NCCS(N)(=O)=O)CCCC1. The molecule has 0 aromatic heterocycles. The van der Waals surface area contributed by atoms with Crippen LogP contribution in [0.1, 0.15) is 39.0 Å². The van der Waals surface area contributed by atoms with Crippen LogP contribution < -0.4 is 10.5 Å². The lowest BCUT2D eigenvalue weighted by molar-refractivity contribution is -0.130. The Labute approximate surface area is 96.8 Å². The number of carbonyl (C=O) groups is 1. The van der Waals surface area contributed by atoms with Gasteiger partial charge in [-0.1, -0.05) is 19.8 Å². The Morgan fingerprint density at radius 2 is 1.94 bits per heavy atom. The largest absolute Gasteiger partial charge is 0.355 e. The summed E-state index contributed by atoms with van der Waals surface area (Å²) in [5.74, 6) is -0.213. The van der Waals surface area contributed by atoms with E-state index in [-0.39, 0.29) is 23.6 Å². The van der Waals surface area contributed by atoms with Crippen molar-refractivity contribution in [1.29, 1.82) is 0 Å². The van der Waals surface area contributed by atoms with E-state index in [4.69, 9.17) is 5.14 Å². The Hall–Kier alpha value is -0.620. The van der Waals surface area contributed by atoms with Crippen LogP contribution in [0.25, 0.3) is 0 Å². The van der Waals surface area contributed by atoms with Crippen molar-refractivity contribution < 1.29 is 13.2 Å². The highest BCUT2D eigenvalue weighted by Crippen LogP contribution is 2.40. The summed E-state index contributed by atoms with van der Waals surface area (Å²) < 4.78 is 21.4. The van der Waals surface area contributed by atoms with Gasteiger partial charge in [0, 0.05) is 12.0 Å². The third-order valence-electron chi connectivity index (χ3n) is 3.39. The molecule has 94 valence electrons. The maximum atomic E-state index is 11.9. The van der Waals surface area contributed by atoms with Crippen LogP contribution in [0.2, 0.25) is 0 Å². The highest BCUT2D eigenvalue weighted by atomic mass is 32.2. The molecule has 16 heavy (non-hydrogen) atoms. The second-order valence-electron chi connectivity index (χ2n) is 4.46. The molecule has 1 rings (SSSR count). The number of nitrogens with two attached hydrogens (primary N) is 1. The maximum absolute atomic E-state index is 11.9. The molecule has 1 amide bonds. The first-order valence-corrected chi connectivity index (χ1v) is 7.40. The van der Waals surface area contributed by atoms with Gasteiger partial charge in [-0.25, -0.2) is 13.6 Å². The molecular formula is C10H20N2O3S. The third-order valence-corrected chi connectivity index (χ3v) is 4.16. The molecule has 5 nitrogen and oxygen atoms in total. The first kappa shape index (κ1) is 13.4. The molecule has 0 bridgehead atoms. The maximum Gasteiger partial charge on any atom is 0.226 e. The van der Waals surface area contributed by atoms with Crippen LogP contribution in [0.3, 0.4) is 0 Å². The quantitative estimate of drug-likeness (QED) is 0.736. The number of hydrogen-bond donors (Lipinski definition) is 2. The van der Waals surface area contributed by atoms with Crippen molar-refractivity contribution in [2.45, 2.75) is 39.0 Å². The lowest BCUT2D eigenvalue weighted by Gasteiger charge is -2.25. The minimum absolute atomic E-state index is 0.0175. The Morgan fingerprint density at radius 1 is 1.38 bits per heavy atom. The lowest BCUT2D eigenvalue weighted by atomic mass is 9.82. The van der Waals surface area contributed by atoms with Gasteiger partial charge < -0.3 is 5.32 Å². The summed E-state index contributed by atoms with van der Waals surface area (Å²) in [6.07, 6.45) is 4.79. The van der Waals surface area contributed by atoms with E-state index < -0.39 is 10.0 Å². The lowest BCUT2D eigenvalue weighted by Crippen LogP contribution is -2.41. The van der Waals surface area contributed by atoms with Crippen LogP contribution in [0.5, 0.6) is 0 Å². The number of sulfonamides is 1. The van der Waals surface area contributed by atoms with Crippen LogP contribution in [0, 0.1) is 5.41 Å². The second kappa shape index (κ2) is 5.14. The predicted octanol–water partition coefficient (Wildman–Crippen LogP) is 0.361. The first-order chi connectivity index (χ1) is 7.40. The van der Waals surface area contributed by atoms with E-state index in [2.05, 4.69) is 5.32 Å².